The zero-order valence-electron chi connectivity index (χ0n) is 21.9. The zero-order valence-corrected chi connectivity index (χ0v) is 21.9. The summed E-state index contributed by atoms with van der Waals surface area (Å²) < 4.78 is 22.2. The maximum atomic E-state index is 12.0. The lowest BCUT2D eigenvalue weighted by Crippen LogP contribution is -2.35. The fraction of sp³-hybridized carbons (Fsp3) is 0.615. The van der Waals surface area contributed by atoms with Gasteiger partial charge in [-0.15, -0.1) is 0 Å². The number of esters is 1. The first-order chi connectivity index (χ1) is 17.2. The molecule has 1 amide bonds. The molecule has 1 aliphatic rings. The molecule has 1 aromatic heterocycles. The number of hydrogen-bond donors (Lipinski definition) is 1. The lowest BCUT2D eigenvalue weighted by atomic mass is 9.83. The topological polar surface area (TPSA) is 116 Å². The van der Waals surface area contributed by atoms with Crippen LogP contribution >= 0.6 is 0 Å². The molecule has 0 atom stereocenters. The maximum Gasteiger partial charge on any atom is 0.410 e. The summed E-state index contributed by atoms with van der Waals surface area (Å²) in [5, 5.41) is 10.1. The summed E-state index contributed by atoms with van der Waals surface area (Å²) in [7, 11) is 1.73. The van der Waals surface area contributed by atoms with E-state index in [1.165, 1.54) is 5.56 Å². The van der Waals surface area contributed by atoms with Crippen molar-refractivity contribution in [2.75, 3.05) is 26.8 Å². The fourth-order valence-corrected chi connectivity index (χ4v) is 4.07. The van der Waals surface area contributed by atoms with Gasteiger partial charge in [-0.2, -0.15) is 0 Å². The van der Waals surface area contributed by atoms with Crippen LogP contribution in [0.5, 0.6) is 11.6 Å². The number of H-pyrrole nitrogens is 1. The van der Waals surface area contributed by atoms with Crippen LogP contribution in [-0.2, 0) is 9.47 Å². The van der Waals surface area contributed by atoms with Crippen LogP contribution in [0.25, 0.3) is 0 Å². The van der Waals surface area contributed by atoms with E-state index in [-0.39, 0.29) is 30.4 Å². The van der Waals surface area contributed by atoms with E-state index in [2.05, 4.69) is 27.5 Å². The van der Waals surface area contributed by atoms with Gasteiger partial charge in [0.2, 0.25) is 5.69 Å². The first kappa shape index (κ1) is 27.3. The van der Waals surface area contributed by atoms with Gasteiger partial charge < -0.3 is 23.8 Å². The quantitative estimate of drug-likeness (QED) is 0.366. The predicted molar refractivity (Wildman–Crippen MR) is 133 cm³/mol. The van der Waals surface area contributed by atoms with Crippen molar-refractivity contribution in [3.63, 3.8) is 0 Å². The second kappa shape index (κ2) is 12.6. The molecule has 1 aliphatic carbocycles. The second-order valence-corrected chi connectivity index (χ2v) is 9.98. The Labute approximate surface area is 212 Å². The molecule has 1 N–H and O–H groups in total. The Morgan fingerprint density at radius 1 is 1.11 bits per heavy atom. The second-order valence-electron chi connectivity index (χ2n) is 9.98. The van der Waals surface area contributed by atoms with Crippen LogP contribution in [0.3, 0.4) is 0 Å². The number of benzene rings is 1. The van der Waals surface area contributed by atoms with Crippen molar-refractivity contribution in [1.29, 1.82) is 0 Å². The Kier molecular flexibility index (Phi) is 9.55. The number of nitrogens with one attached hydrogen (secondary N) is 1. The van der Waals surface area contributed by atoms with E-state index in [1.807, 2.05) is 32.9 Å². The first-order valence-corrected chi connectivity index (χ1v) is 12.6. The van der Waals surface area contributed by atoms with E-state index in [9.17, 15) is 9.59 Å². The highest BCUT2D eigenvalue weighted by atomic mass is 16.6. The van der Waals surface area contributed by atoms with Gasteiger partial charge in [-0.25, -0.2) is 14.7 Å². The highest BCUT2D eigenvalue weighted by Gasteiger charge is 2.27. The average Bonchev–Trinajstić information content (AvgIpc) is 3.30. The largest absolute Gasteiger partial charge is 0.494 e. The molecule has 1 fully saturated rings. The molecule has 36 heavy (non-hydrogen) atoms. The Hall–Kier alpha value is -3.30. The molecule has 10 heteroatoms. The van der Waals surface area contributed by atoms with Gasteiger partial charge in [0.1, 0.15) is 17.5 Å². The van der Waals surface area contributed by atoms with E-state index in [0.717, 1.165) is 31.4 Å². The van der Waals surface area contributed by atoms with Crippen molar-refractivity contribution in [3.8, 4) is 11.6 Å². The molecule has 198 valence electrons. The van der Waals surface area contributed by atoms with Crippen molar-refractivity contribution >= 4 is 12.1 Å². The van der Waals surface area contributed by atoms with Crippen molar-refractivity contribution in [2.24, 2.45) is 0 Å². The van der Waals surface area contributed by atoms with E-state index in [0.29, 0.717) is 25.5 Å². The van der Waals surface area contributed by atoms with Crippen molar-refractivity contribution < 1.29 is 28.5 Å². The van der Waals surface area contributed by atoms with Gasteiger partial charge in [-0.3, -0.25) is 0 Å². The van der Waals surface area contributed by atoms with E-state index < -0.39 is 11.6 Å². The molecule has 0 bridgehead atoms. The molecule has 3 rings (SSSR count). The first-order valence-electron chi connectivity index (χ1n) is 12.6. The van der Waals surface area contributed by atoms with Gasteiger partial charge in [-0.05, 0) is 83.4 Å². The van der Waals surface area contributed by atoms with Gasteiger partial charge in [0, 0.05) is 13.6 Å². The predicted octanol–water partition coefficient (Wildman–Crippen LogP) is 4.72. The monoisotopic (exact) mass is 502 g/mol. The summed E-state index contributed by atoms with van der Waals surface area (Å²) in [6.45, 7) is 8.67. The number of aromatic amines is 1. The van der Waals surface area contributed by atoms with Gasteiger partial charge in [0.15, 0.2) is 0 Å². The van der Waals surface area contributed by atoms with Crippen molar-refractivity contribution in [2.45, 2.75) is 77.4 Å². The fourth-order valence-electron chi connectivity index (χ4n) is 4.07. The number of rotatable bonds is 10. The Morgan fingerprint density at radius 2 is 1.81 bits per heavy atom. The molecular formula is C26H38N4O6. The Bertz CT molecular complexity index is 977. The highest BCUT2D eigenvalue weighted by Crippen LogP contribution is 2.35. The summed E-state index contributed by atoms with van der Waals surface area (Å²) in [4.78, 5) is 25.5. The third kappa shape index (κ3) is 8.13. The summed E-state index contributed by atoms with van der Waals surface area (Å²) in [5.41, 5.74) is 0.936. The van der Waals surface area contributed by atoms with Gasteiger partial charge in [0.25, 0.3) is 5.88 Å². The number of carbonyl (C=O) groups excluding carboxylic acids is 2. The smallest absolute Gasteiger partial charge is 0.410 e. The lowest BCUT2D eigenvalue weighted by molar-refractivity contribution is 0.0291. The third-order valence-corrected chi connectivity index (χ3v) is 5.91. The molecule has 1 saturated carbocycles. The van der Waals surface area contributed by atoms with Crippen LogP contribution in [0.15, 0.2) is 24.3 Å². The third-order valence-electron chi connectivity index (χ3n) is 5.91. The van der Waals surface area contributed by atoms with Gasteiger partial charge in [0.05, 0.1) is 13.2 Å². The summed E-state index contributed by atoms with van der Waals surface area (Å²) in [6, 6.07) is 8.22. The van der Waals surface area contributed by atoms with Crippen molar-refractivity contribution in [3.05, 3.63) is 35.5 Å². The SMILES string of the molecule is CCOC(=O)c1[nH]nnc1O[C@H]1CC[C@H](c2ccc(OCCCN(C)C(=O)OC(C)(C)C)cc2)CC1. The Balaban J connectivity index is 1.39. The average molecular weight is 503 g/mol. The molecular weight excluding hydrogens is 464 g/mol. The van der Waals surface area contributed by atoms with Gasteiger partial charge in [-0.1, -0.05) is 22.4 Å². The van der Waals surface area contributed by atoms with Crippen LogP contribution < -0.4 is 9.47 Å². The number of amides is 1. The molecule has 0 saturated heterocycles. The molecule has 1 aromatic carbocycles. The minimum absolute atomic E-state index is 0.0130. The zero-order chi connectivity index (χ0) is 26.1. The molecule has 0 aliphatic heterocycles. The minimum atomic E-state index is -0.511. The highest BCUT2D eigenvalue weighted by molar-refractivity contribution is 5.89. The van der Waals surface area contributed by atoms with Crippen LogP contribution in [0.1, 0.15) is 81.8 Å². The van der Waals surface area contributed by atoms with E-state index in [4.69, 9.17) is 18.9 Å². The van der Waals surface area contributed by atoms with Crippen LogP contribution in [0.4, 0.5) is 4.79 Å². The number of carbonyl (C=O) groups is 2. The number of ether oxygens (including phenoxy) is 4. The summed E-state index contributed by atoms with van der Waals surface area (Å²) >= 11 is 0. The maximum absolute atomic E-state index is 12.0. The molecule has 10 nitrogen and oxygen atoms in total. The van der Waals surface area contributed by atoms with E-state index in [1.54, 1.807) is 18.9 Å². The van der Waals surface area contributed by atoms with E-state index >= 15 is 0 Å². The standard InChI is InChI=1S/C26H38N4O6/c1-6-33-24(31)22-23(28-29-27-22)35-21-14-10-19(11-15-21)18-8-12-20(13-9-18)34-17-7-16-30(5)25(32)36-26(2,3)4/h8-9,12-13,19,21H,6-7,10-11,14-17H2,1-5H3,(H,27,28,29)/t19-,21-. The minimum Gasteiger partial charge on any atom is -0.494 e. The van der Waals surface area contributed by atoms with Crippen molar-refractivity contribution in [1.82, 2.24) is 20.3 Å². The Morgan fingerprint density at radius 3 is 2.44 bits per heavy atom. The summed E-state index contributed by atoms with van der Waals surface area (Å²) in [5.74, 6) is 0.954. The normalized spacial score (nSPS) is 17.8. The van der Waals surface area contributed by atoms with Crippen LogP contribution in [-0.4, -0.2) is 70.9 Å². The lowest BCUT2D eigenvalue weighted by Gasteiger charge is -2.28. The van der Waals surface area contributed by atoms with Crippen LogP contribution in [0, 0.1) is 0 Å². The molecule has 0 radical (unpaired) electrons. The number of aromatic nitrogens is 3. The molecule has 2 aromatic rings. The molecule has 0 spiro atoms. The molecule has 1 heterocycles. The van der Waals surface area contributed by atoms with Crippen LogP contribution in [0.2, 0.25) is 0 Å². The van der Waals surface area contributed by atoms with Gasteiger partial charge >= 0.3 is 12.1 Å². The number of hydrogen-bond acceptors (Lipinski definition) is 8. The molecule has 0 unspecified atom stereocenters. The summed E-state index contributed by atoms with van der Waals surface area (Å²) in [6.07, 6.45) is 4.06. The number of nitrogens with zero attached hydrogens (tertiary/aromatic N) is 3.